The maximum absolute atomic E-state index is 13.1. The molecule has 3 fully saturated rings. The number of amides is 3. The summed E-state index contributed by atoms with van der Waals surface area (Å²) in [5.41, 5.74) is 1.14. The lowest BCUT2D eigenvalue weighted by atomic mass is 10.0. The van der Waals surface area contributed by atoms with Crippen LogP contribution in [0.25, 0.3) is 0 Å². The minimum atomic E-state index is -0.249. The molecule has 3 aliphatic rings. The third-order valence-corrected chi connectivity index (χ3v) is 6.11. The summed E-state index contributed by atoms with van der Waals surface area (Å²) in [6, 6.07) is 10.4. The zero-order chi connectivity index (χ0) is 17.6. The van der Waals surface area contributed by atoms with Gasteiger partial charge < -0.3 is 9.80 Å². The molecule has 25 heavy (non-hydrogen) atoms. The van der Waals surface area contributed by atoms with Gasteiger partial charge in [-0.1, -0.05) is 30.3 Å². The first-order chi connectivity index (χ1) is 12.1. The Labute approximate surface area is 149 Å². The second-order valence-corrected chi connectivity index (χ2v) is 7.78. The summed E-state index contributed by atoms with van der Waals surface area (Å²) in [7, 11) is 0. The first kappa shape index (κ1) is 16.6. The lowest BCUT2D eigenvalue weighted by Gasteiger charge is -2.37. The molecule has 4 rings (SSSR count). The molecular weight excluding hydrogens is 314 g/mol. The number of carbonyl (C=O) groups excluding carboxylic acids is 2. The van der Waals surface area contributed by atoms with Crippen LogP contribution < -0.4 is 0 Å². The number of hydrogen-bond donors (Lipinski definition) is 0. The van der Waals surface area contributed by atoms with Gasteiger partial charge in [0.1, 0.15) is 6.04 Å². The number of benzene rings is 1. The second kappa shape index (κ2) is 6.45. The minimum Gasteiger partial charge on any atom is -0.305 e. The monoisotopic (exact) mass is 341 g/mol. The number of nitrogens with zero attached hydrogens (tertiary/aromatic N) is 3. The van der Waals surface area contributed by atoms with E-state index in [9.17, 15) is 9.59 Å². The highest BCUT2D eigenvalue weighted by atomic mass is 16.2. The van der Waals surface area contributed by atoms with Crippen molar-refractivity contribution in [2.24, 2.45) is 0 Å². The number of fused-ring (bicyclic) bond motifs is 1. The molecule has 0 aromatic heterocycles. The molecule has 3 saturated heterocycles. The Kier molecular flexibility index (Phi) is 4.28. The van der Waals surface area contributed by atoms with E-state index < -0.39 is 0 Å². The smallest absolute Gasteiger partial charge is 0.305 e. The number of piperidine rings is 1. The van der Waals surface area contributed by atoms with Crippen molar-refractivity contribution in [3.63, 3.8) is 0 Å². The average Bonchev–Trinajstić information content (AvgIpc) is 3.17. The molecule has 0 bridgehead atoms. The Hall–Kier alpha value is -1.88. The van der Waals surface area contributed by atoms with Crippen molar-refractivity contribution >= 4 is 11.9 Å². The highest BCUT2D eigenvalue weighted by Crippen LogP contribution is 2.42. The van der Waals surface area contributed by atoms with Gasteiger partial charge in [0.15, 0.2) is 0 Å². The summed E-state index contributed by atoms with van der Waals surface area (Å²) >= 11 is 0. The van der Waals surface area contributed by atoms with Gasteiger partial charge in [-0.25, -0.2) is 4.79 Å². The van der Waals surface area contributed by atoms with Crippen molar-refractivity contribution in [2.75, 3.05) is 13.1 Å². The quantitative estimate of drug-likeness (QED) is 0.794. The third-order valence-electron chi connectivity index (χ3n) is 6.11. The minimum absolute atomic E-state index is 0.0337. The standard InChI is InChI=1S/C20H27N3O2/c1-14(2)21-12-10-16(11-13-21)22-19(24)18-9-8-17(23(18)20(22)25)15-6-4-3-5-7-15/h3-7,14,16-18H,8-13H2,1-2H3/t17-,18-/m0/s1. The number of urea groups is 1. The van der Waals surface area contributed by atoms with Crippen molar-refractivity contribution in [3.8, 4) is 0 Å². The fourth-order valence-corrected chi connectivity index (χ4v) is 4.70. The van der Waals surface area contributed by atoms with E-state index in [0.29, 0.717) is 6.04 Å². The SMILES string of the molecule is CC(C)N1CCC(N2C(=O)[C@@H]3CC[C@@H](c4ccccc4)N3C2=O)CC1. The summed E-state index contributed by atoms with van der Waals surface area (Å²) in [5.74, 6) is 0.0337. The zero-order valence-electron chi connectivity index (χ0n) is 15.1. The number of hydrogen-bond acceptors (Lipinski definition) is 3. The van der Waals surface area contributed by atoms with E-state index in [0.717, 1.165) is 44.3 Å². The number of likely N-dealkylation sites (tertiary alicyclic amines) is 1. The van der Waals surface area contributed by atoms with E-state index in [2.05, 4.69) is 30.9 Å². The highest BCUT2D eigenvalue weighted by molar-refractivity contribution is 6.05. The summed E-state index contributed by atoms with van der Waals surface area (Å²) in [4.78, 5) is 31.9. The summed E-state index contributed by atoms with van der Waals surface area (Å²) < 4.78 is 0. The molecule has 3 heterocycles. The van der Waals surface area contributed by atoms with Crippen LogP contribution >= 0.6 is 0 Å². The summed E-state index contributed by atoms with van der Waals surface area (Å²) in [6.07, 6.45) is 3.45. The Morgan fingerprint density at radius 3 is 2.20 bits per heavy atom. The maximum Gasteiger partial charge on any atom is 0.328 e. The molecule has 1 aromatic rings. The van der Waals surface area contributed by atoms with Gasteiger partial charge >= 0.3 is 6.03 Å². The normalized spacial score (nSPS) is 28.3. The molecule has 0 unspecified atom stereocenters. The largest absolute Gasteiger partial charge is 0.328 e. The van der Waals surface area contributed by atoms with E-state index in [1.165, 1.54) is 0 Å². The van der Waals surface area contributed by atoms with Crippen LogP contribution in [-0.2, 0) is 4.79 Å². The van der Waals surface area contributed by atoms with Crippen LogP contribution in [0.2, 0.25) is 0 Å². The topological polar surface area (TPSA) is 43.9 Å². The Bertz CT molecular complexity index is 652. The van der Waals surface area contributed by atoms with Crippen LogP contribution in [0.5, 0.6) is 0 Å². The van der Waals surface area contributed by atoms with Crippen molar-refractivity contribution in [3.05, 3.63) is 35.9 Å². The molecule has 0 radical (unpaired) electrons. The fraction of sp³-hybridized carbons (Fsp3) is 0.600. The molecule has 5 nitrogen and oxygen atoms in total. The van der Waals surface area contributed by atoms with Crippen LogP contribution in [-0.4, -0.2) is 57.9 Å². The molecular formula is C20H27N3O2. The molecule has 0 saturated carbocycles. The van der Waals surface area contributed by atoms with E-state index in [4.69, 9.17) is 0 Å². The maximum atomic E-state index is 13.1. The van der Waals surface area contributed by atoms with Gasteiger partial charge in [-0.3, -0.25) is 9.69 Å². The number of imide groups is 1. The van der Waals surface area contributed by atoms with Crippen LogP contribution in [0.3, 0.4) is 0 Å². The molecule has 3 aliphatic heterocycles. The van der Waals surface area contributed by atoms with E-state index in [1.54, 1.807) is 4.90 Å². The van der Waals surface area contributed by atoms with E-state index in [1.807, 2.05) is 23.1 Å². The van der Waals surface area contributed by atoms with Gasteiger partial charge in [-0.05, 0) is 45.1 Å². The molecule has 2 atom stereocenters. The molecule has 134 valence electrons. The van der Waals surface area contributed by atoms with Crippen LogP contribution in [0.4, 0.5) is 4.79 Å². The fourth-order valence-electron chi connectivity index (χ4n) is 4.70. The van der Waals surface area contributed by atoms with Crippen LogP contribution in [0.1, 0.15) is 51.1 Å². The highest BCUT2D eigenvalue weighted by Gasteiger charge is 2.53. The Morgan fingerprint density at radius 1 is 0.920 bits per heavy atom. The van der Waals surface area contributed by atoms with Crippen molar-refractivity contribution in [1.82, 2.24) is 14.7 Å². The van der Waals surface area contributed by atoms with Gasteiger partial charge in [-0.2, -0.15) is 0 Å². The first-order valence-electron chi connectivity index (χ1n) is 9.52. The molecule has 3 amide bonds. The summed E-state index contributed by atoms with van der Waals surface area (Å²) in [5, 5.41) is 0. The predicted octanol–water partition coefficient (Wildman–Crippen LogP) is 3.03. The van der Waals surface area contributed by atoms with Gasteiger partial charge in [0.2, 0.25) is 0 Å². The number of rotatable bonds is 3. The lowest BCUT2D eigenvalue weighted by Crippen LogP contribution is -2.49. The Balaban J connectivity index is 1.52. The first-order valence-corrected chi connectivity index (χ1v) is 9.52. The van der Waals surface area contributed by atoms with E-state index >= 15 is 0 Å². The zero-order valence-corrected chi connectivity index (χ0v) is 15.1. The van der Waals surface area contributed by atoms with Gasteiger partial charge in [0.05, 0.1) is 6.04 Å². The average molecular weight is 341 g/mol. The predicted molar refractivity (Wildman–Crippen MR) is 96.0 cm³/mol. The molecule has 1 aromatic carbocycles. The van der Waals surface area contributed by atoms with Gasteiger partial charge in [0.25, 0.3) is 5.91 Å². The summed E-state index contributed by atoms with van der Waals surface area (Å²) in [6.45, 7) is 6.33. The van der Waals surface area contributed by atoms with E-state index in [-0.39, 0.29) is 30.1 Å². The Morgan fingerprint density at radius 2 is 1.56 bits per heavy atom. The molecule has 0 spiro atoms. The lowest BCUT2D eigenvalue weighted by molar-refractivity contribution is -0.130. The molecule has 0 N–H and O–H groups in total. The third kappa shape index (κ3) is 2.74. The molecule has 5 heteroatoms. The van der Waals surface area contributed by atoms with Crippen molar-refractivity contribution in [2.45, 2.75) is 63.7 Å². The van der Waals surface area contributed by atoms with Gasteiger partial charge in [-0.15, -0.1) is 0 Å². The van der Waals surface area contributed by atoms with Crippen molar-refractivity contribution in [1.29, 1.82) is 0 Å². The van der Waals surface area contributed by atoms with Gasteiger partial charge in [0, 0.05) is 25.2 Å². The van der Waals surface area contributed by atoms with Crippen molar-refractivity contribution < 1.29 is 9.59 Å². The molecule has 0 aliphatic carbocycles. The number of carbonyl (C=O) groups is 2. The second-order valence-electron chi connectivity index (χ2n) is 7.78. The van der Waals surface area contributed by atoms with Crippen LogP contribution in [0.15, 0.2) is 30.3 Å². The van der Waals surface area contributed by atoms with Crippen LogP contribution in [0, 0.1) is 0 Å².